The first kappa shape index (κ1) is 23.5. The molecule has 1 saturated heterocycles. The third-order valence-electron chi connectivity index (χ3n) is 6.97. The lowest BCUT2D eigenvalue weighted by Gasteiger charge is -2.40. The second kappa shape index (κ2) is 8.45. The number of aryl methyl sites for hydroxylation is 1. The number of anilines is 1. The second-order valence-electron chi connectivity index (χ2n) is 10.2. The van der Waals surface area contributed by atoms with Crippen LogP contribution in [0.2, 0.25) is 0 Å². The van der Waals surface area contributed by atoms with Gasteiger partial charge in [0, 0.05) is 29.6 Å². The molecule has 180 valence electrons. The molecule has 1 atom stereocenters. The van der Waals surface area contributed by atoms with Gasteiger partial charge in [0.05, 0.1) is 29.5 Å². The smallest absolute Gasteiger partial charge is 0.155 e. The van der Waals surface area contributed by atoms with Crippen LogP contribution in [0.25, 0.3) is 5.52 Å². The Hall–Kier alpha value is -2.26. The summed E-state index contributed by atoms with van der Waals surface area (Å²) in [5, 5.41) is 4.46. The highest BCUT2D eigenvalue weighted by Crippen LogP contribution is 2.48. The number of benzene rings is 1. The summed E-state index contributed by atoms with van der Waals surface area (Å²) in [6.45, 7) is 9.60. The Labute approximate surface area is 211 Å². The van der Waals surface area contributed by atoms with Crippen molar-refractivity contribution in [2.45, 2.75) is 51.7 Å². The highest BCUT2D eigenvalue weighted by Gasteiger charge is 2.47. The quantitative estimate of drug-likeness (QED) is 0.469. The molecule has 0 bridgehead atoms. The third-order valence-corrected chi connectivity index (χ3v) is 9.28. The van der Waals surface area contributed by atoms with Crippen molar-refractivity contribution in [3.05, 3.63) is 51.9 Å². The summed E-state index contributed by atoms with van der Waals surface area (Å²) in [6.07, 6.45) is 4.47. The molecule has 3 aromatic rings. The van der Waals surface area contributed by atoms with E-state index in [1.807, 2.05) is 56.6 Å². The number of fused-ring (bicyclic) bond motifs is 2. The topological polar surface area (TPSA) is 72.1 Å². The van der Waals surface area contributed by atoms with Gasteiger partial charge in [0.1, 0.15) is 26.9 Å². The van der Waals surface area contributed by atoms with Crippen LogP contribution >= 0.6 is 15.9 Å². The van der Waals surface area contributed by atoms with Crippen LogP contribution in [0, 0.1) is 12.3 Å². The molecule has 0 saturated carbocycles. The Bertz CT molecular complexity index is 1320. The minimum Gasteiger partial charge on any atom is -0.496 e. The molecule has 34 heavy (non-hydrogen) atoms. The van der Waals surface area contributed by atoms with Crippen molar-refractivity contribution in [3.8, 4) is 5.75 Å². The van der Waals surface area contributed by atoms with Crippen molar-refractivity contribution in [1.29, 1.82) is 0 Å². The lowest BCUT2D eigenvalue weighted by molar-refractivity contribution is 0.325. The molecular weight excluding hydrogens is 514 g/mol. The molecule has 5 rings (SSSR count). The molecule has 9 heteroatoms. The van der Waals surface area contributed by atoms with Crippen LogP contribution in [0.15, 0.2) is 39.5 Å². The minimum atomic E-state index is -1.33. The van der Waals surface area contributed by atoms with Gasteiger partial charge in [0.2, 0.25) is 0 Å². The van der Waals surface area contributed by atoms with E-state index in [2.05, 4.69) is 32.0 Å². The number of ether oxygens (including phenoxy) is 1. The Balaban J connectivity index is 1.52. The molecule has 1 aliphatic carbocycles. The summed E-state index contributed by atoms with van der Waals surface area (Å²) in [7, 11) is 0.384. The van der Waals surface area contributed by atoms with Gasteiger partial charge in [-0.1, -0.05) is 12.1 Å². The molecule has 2 aromatic heterocycles. The monoisotopic (exact) mass is 543 g/mol. The van der Waals surface area contributed by atoms with Crippen LogP contribution in [0.3, 0.4) is 0 Å². The van der Waals surface area contributed by atoms with E-state index in [4.69, 9.17) is 14.1 Å². The normalized spacial score (nSPS) is 19.7. The lowest BCUT2D eigenvalue weighted by Crippen LogP contribution is -2.44. The van der Waals surface area contributed by atoms with E-state index >= 15 is 0 Å². The zero-order chi connectivity index (χ0) is 24.3. The number of nitrogens with zero attached hydrogens (tertiary/aromatic N) is 5. The van der Waals surface area contributed by atoms with Crippen molar-refractivity contribution in [2.75, 3.05) is 25.1 Å². The second-order valence-corrected chi connectivity index (χ2v) is 12.8. The van der Waals surface area contributed by atoms with Crippen LogP contribution in [-0.2, 0) is 17.4 Å². The van der Waals surface area contributed by atoms with E-state index in [9.17, 15) is 4.21 Å². The number of rotatable bonds is 3. The summed E-state index contributed by atoms with van der Waals surface area (Å²) in [5.41, 5.74) is 4.98. The van der Waals surface area contributed by atoms with Crippen molar-refractivity contribution < 1.29 is 8.95 Å². The number of aromatic nitrogens is 3. The summed E-state index contributed by atoms with van der Waals surface area (Å²) in [4.78, 5) is 7.25. The van der Waals surface area contributed by atoms with Crippen LogP contribution in [0.5, 0.6) is 5.75 Å². The summed E-state index contributed by atoms with van der Waals surface area (Å²) in [6, 6.07) is 8.13. The zero-order valence-electron chi connectivity index (χ0n) is 20.3. The average molecular weight is 545 g/mol. The third kappa shape index (κ3) is 3.77. The summed E-state index contributed by atoms with van der Waals surface area (Å²) in [5.74, 6) is 1.84. The summed E-state index contributed by atoms with van der Waals surface area (Å²) < 4.78 is 26.1. The van der Waals surface area contributed by atoms with Gasteiger partial charge in [-0.15, -0.1) is 0 Å². The highest BCUT2D eigenvalue weighted by molar-refractivity contribution is 9.10. The SMILES string of the molecule is COc1cccc2c1CC1(CCN(c3nc(C)c(Br)n4nccc34)CC1)C2=NS(=O)C(C)(C)C. The van der Waals surface area contributed by atoms with E-state index in [0.717, 1.165) is 71.0 Å². The molecule has 2 aliphatic rings. The van der Waals surface area contributed by atoms with Crippen molar-refractivity contribution in [3.63, 3.8) is 0 Å². The molecule has 1 unspecified atom stereocenters. The fourth-order valence-corrected chi connectivity index (χ4v) is 6.18. The maximum atomic E-state index is 13.1. The molecular formula is C25H30BrN5O2S. The molecule has 0 N–H and O–H groups in total. The van der Waals surface area contributed by atoms with E-state index in [1.165, 1.54) is 5.56 Å². The highest BCUT2D eigenvalue weighted by atomic mass is 79.9. The molecule has 1 aliphatic heterocycles. The Kier molecular flexibility index (Phi) is 5.83. The number of hydrogen-bond acceptors (Lipinski definition) is 5. The summed E-state index contributed by atoms with van der Waals surface area (Å²) >= 11 is 3.61. The van der Waals surface area contributed by atoms with E-state index in [-0.39, 0.29) is 5.41 Å². The Morgan fingerprint density at radius 3 is 2.62 bits per heavy atom. The van der Waals surface area contributed by atoms with Crippen molar-refractivity contribution >= 4 is 44.0 Å². The minimum absolute atomic E-state index is 0.157. The van der Waals surface area contributed by atoms with Gasteiger partial charge in [0.15, 0.2) is 5.82 Å². The van der Waals surface area contributed by atoms with Gasteiger partial charge in [0.25, 0.3) is 0 Å². The maximum Gasteiger partial charge on any atom is 0.155 e. The van der Waals surface area contributed by atoms with Crippen LogP contribution in [-0.4, -0.2) is 49.5 Å². The van der Waals surface area contributed by atoms with Crippen molar-refractivity contribution in [2.24, 2.45) is 9.81 Å². The van der Waals surface area contributed by atoms with Gasteiger partial charge >= 0.3 is 0 Å². The zero-order valence-corrected chi connectivity index (χ0v) is 22.7. The van der Waals surface area contributed by atoms with Gasteiger partial charge in [-0.3, -0.25) is 0 Å². The molecule has 3 heterocycles. The Morgan fingerprint density at radius 1 is 1.21 bits per heavy atom. The van der Waals surface area contributed by atoms with E-state index < -0.39 is 15.7 Å². The predicted molar refractivity (Wildman–Crippen MR) is 140 cm³/mol. The average Bonchev–Trinajstić information content (AvgIpc) is 3.40. The van der Waals surface area contributed by atoms with Gasteiger partial charge < -0.3 is 9.64 Å². The van der Waals surface area contributed by atoms with Gasteiger partial charge in [-0.05, 0) is 75.0 Å². The standard InChI is InChI=1S/C25H30BrN5O2S/c1-16-22(26)31-19(9-12-27-31)23(28-16)30-13-10-25(11-14-30)15-18-17(7-6-8-20(18)33-5)21(25)29-34(32)24(2,3)4/h6-9,12H,10-11,13-15H2,1-5H3. The first-order valence-corrected chi connectivity index (χ1v) is 13.5. The first-order valence-electron chi connectivity index (χ1n) is 11.6. The number of halogens is 1. The van der Waals surface area contributed by atoms with Crippen LogP contribution in [0.4, 0.5) is 5.82 Å². The molecule has 0 radical (unpaired) electrons. The molecule has 1 fully saturated rings. The largest absolute Gasteiger partial charge is 0.496 e. The van der Waals surface area contributed by atoms with Crippen LogP contribution < -0.4 is 9.64 Å². The fraction of sp³-hybridized carbons (Fsp3) is 0.480. The molecule has 1 aromatic carbocycles. The molecule has 1 spiro atoms. The van der Waals surface area contributed by atoms with E-state index in [1.54, 1.807) is 7.11 Å². The molecule has 0 amide bonds. The van der Waals surface area contributed by atoms with Crippen molar-refractivity contribution in [1.82, 2.24) is 14.6 Å². The lowest BCUT2D eigenvalue weighted by atomic mass is 9.74. The maximum absolute atomic E-state index is 13.1. The predicted octanol–water partition coefficient (Wildman–Crippen LogP) is 4.90. The number of methoxy groups -OCH3 is 1. The van der Waals surface area contributed by atoms with Crippen LogP contribution in [0.1, 0.15) is 50.4 Å². The Morgan fingerprint density at radius 2 is 1.94 bits per heavy atom. The van der Waals surface area contributed by atoms with E-state index in [0.29, 0.717) is 0 Å². The first-order chi connectivity index (χ1) is 16.1. The van der Waals surface area contributed by atoms with Gasteiger partial charge in [-0.2, -0.15) is 9.50 Å². The number of piperidine rings is 1. The van der Waals surface area contributed by atoms with Gasteiger partial charge in [-0.25, -0.2) is 13.7 Å². The molecule has 7 nitrogen and oxygen atoms in total. The number of hydrogen-bond donors (Lipinski definition) is 0. The fourth-order valence-electron chi connectivity index (χ4n) is 5.07.